The largest absolute Gasteiger partial charge is 0.490 e. The molecule has 0 radical (unpaired) electrons. The lowest BCUT2D eigenvalue weighted by Crippen LogP contribution is -2.08. The van der Waals surface area contributed by atoms with Gasteiger partial charge in [0.2, 0.25) is 5.90 Å². The Balaban J connectivity index is 1.92. The predicted octanol–water partition coefficient (Wildman–Crippen LogP) is 3.01. The Morgan fingerprint density at radius 3 is 2.48 bits per heavy atom. The van der Waals surface area contributed by atoms with Crippen LogP contribution in [-0.2, 0) is 9.53 Å². The molecule has 3 rings (SSSR count). The summed E-state index contributed by atoms with van der Waals surface area (Å²) in [5, 5.41) is 11.2. The van der Waals surface area contributed by atoms with Gasteiger partial charge < -0.3 is 14.4 Å². The summed E-state index contributed by atoms with van der Waals surface area (Å²) in [5.41, 5.74) is 2.04. The first-order valence-electron chi connectivity index (χ1n) is 8.02. The lowest BCUT2D eigenvalue weighted by atomic mass is 10.1. The summed E-state index contributed by atoms with van der Waals surface area (Å²) in [7, 11) is 5.22. The molecule has 0 saturated heterocycles. The average molecular weight is 367 g/mol. The number of hydrogen-bond acceptors (Lipinski definition) is 7. The fourth-order valence-corrected chi connectivity index (χ4v) is 2.52. The van der Waals surface area contributed by atoms with Crippen LogP contribution in [0.3, 0.4) is 0 Å². The van der Waals surface area contributed by atoms with Crippen molar-refractivity contribution >= 4 is 29.3 Å². The molecule has 0 N–H and O–H groups in total. The molecule has 0 fully saturated rings. The van der Waals surface area contributed by atoms with E-state index in [1.165, 1.54) is 19.2 Å². The van der Waals surface area contributed by atoms with Gasteiger partial charge in [-0.25, -0.2) is 9.79 Å². The molecule has 0 spiro atoms. The summed E-state index contributed by atoms with van der Waals surface area (Å²) in [6, 6.07) is 11.8. The third kappa shape index (κ3) is 3.79. The minimum absolute atomic E-state index is 0.0157. The van der Waals surface area contributed by atoms with Gasteiger partial charge in [-0.3, -0.25) is 10.1 Å². The van der Waals surface area contributed by atoms with Crippen LogP contribution in [0.2, 0.25) is 0 Å². The van der Waals surface area contributed by atoms with E-state index in [-0.39, 0.29) is 23.0 Å². The van der Waals surface area contributed by atoms with Crippen molar-refractivity contribution in [2.24, 2.45) is 4.99 Å². The van der Waals surface area contributed by atoms with Crippen molar-refractivity contribution in [3.8, 4) is 5.75 Å². The van der Waals surface area contributed by atoms with E-state index in [9.17, 15) is 14.9 Å². The minimum Gasteiger partial charge on any atom is -0.490 e. The van der Waals surface area contributed by atoms with Gasteiger partial charge in [0.25, 0.3) is 0 Å². The number of nitro benzene ring substituents is 1. The highest BCUT2D eigenvalue weighted by Gasteiger charge is 2.26. The highest BCUT2D eigenvalue weighted by Crippen LogP contribution is 2.29. The number of ether oxygens (including phenoxy) is 2. The quantitative estimate of drug-likeness (QED) is 0.349. The molecule has 0 bridgehead atoms. The molecule has 0 amide bonds. The third-order valence-corrected chi connectivity index (χ3v) is 3.96. The zero-order valence-electron chi connectivity index (χ0n) is 15.0. The van der Waals surface area contributed by atoms with Crippen molar-refractivity contribution in [1.29, 1.82) is 0 Å². The Bertz CT molecular complexity index is 962. The number of esters is 1. The zero-order chi connectivity index (χ0) is 19.6. The number of aliphatic imine (C=N–C) groups is 1. The molecule has 8 heteroatoms. The predicted molar refractivity (Wildman–Crippen MR) is 101 cm³/mol. The van der Waals surface area contributed by atoms with Gasteiger partial charge in [-0.05, 0) is 35.9 Å². The molecule has 1 aliphatic heterocycles. The minimum atomic E-state index is -0.611. The molecule has 0 aliphatic carbocycles. The molecular weight excluding hydrogens is 350 g/mol. The van der Waals surface area contributed by atoms with Gasteiger partial charge >= 0.3 is 11.7 Å². The lowest BCUT2D eigenvalue weighted by Gasteiger charge is -2.11. The van der Waals surface area contributed by atoms with E-state index in [0.717, 1.165) is 11.3 Å². The van der Waals surface area contributed by atoms with Gasteiger partial charge in [-0.2, -0.15) is 0 Å². The molecule has 0 atom stereocenters. The van der Waals surface area contributed by atoms with E-state index >= 15 is 0 Å². The van der Waals surface area contributed by atoms with Crippen LogP contribution in [0.25, 0.3) is 6.08 Å². The number of carbonyl (C=O) groups is 1. The van der Waals surface area contributed by atoms with Crippen LogP contribution in [-0.4, -0.2) is 38.0 Å². The third-order valence-electron chi connectivity index (χ3n) is 3.96. The van der Waals surface area contributed by atoms with Crippen LogP contribution in [0.4, 0.5) is 11.4 Å². The average Bonchev–Trinajstić information content (AvgIpc) is 3.02. The number of nitro groups is 1. The van der Waals surface area contributed by atoms with Gasteiger partial charge in [0.15, 0.2) is 11.4 Å². The Morgan fingerprint density at radius 2 is 1.89 bits per heavy atom. The van der Waals surface area contributed by atoms with Crippen LogP contribution in [0.5, 0.6) is 5.75 Å². The summed E-state index contributed by atoms with van der Waals surface area (Å²) < 4.78 is 10.1. The van der Waals surface area contributed by atoms with E-state index < -0.39 is 10.9 Å². The zero-order valence-corrected chi connectivity index (χ0v) is 15.0. The monoisotopic (exact) mass is 367 g/mol. The highest BCUT2D eigenvalue weighted by molar-refractivity contribution is 6.13. The molecule has 0 unspecified atom stereocenters. The normalized spacial score (nSPS) is 14.7. The SMILES string of the molecule is COc1ccc(C2=NC(=Cc3ccc(N(C)C)cc3)C(=O)O2)cc1[N+](=O)[O-]. The molecule has 1 heterocycles. The highest BCUT2D eigenvalue weighted by atomic mass is 16.6. The van der Waals surface area contributed by atoms with Crippen LogP contribution >= 0.6 is 0 Å². The van der Waals surface area contributed by atoms with E-state index in [2.05, 4.69) is 4.99 Å². The fourth-order valence-electron chi connectivity index (χ4n) is 2.52. The molecule has 8 nitrogen and oxygen atoms in total. The van der Waals surface area contributed by atoms with Crippen molar-refractivity contribution in [3.05, 3.63) is 69.4 Å². The Labute approximate surface area is 155 Å². The fraction of sp³-hybridized carbons (Fsp3) is 0.158. The Hall–Kier alpha value is -3.68. The van der Waals surface area contributed by atoms with E-state index in [1.54, 1.807) is 12.1 Å². The summed E-state index contributed by atoms with van der Waals surface area (Å²) >= 11 is 0. The number of benzene rings is 2. The molecule has 1 aliphatic rings. The maximum Gasteiger partial charge on any atom is 0.363 e. The number of rotatable bonds is 5. The van der Waals surface area contributed by atoms with Crippen LogP contribution < -0.4 is 9.64 Å². The maximum absolute atomic E-state index is 12.1. The van der Waals surface area contributed by atoms with Crippen molar-refractivity contribution in [2.75, 3.05) is 26.1 Å². The van der Waals surface area contributed by atoms with Gasteiger partial charge in [0.1, 0.15) is 0 Å². The number of anilines is 1. The number of cyclic esters (lactones) is 1. The second kappa shape index (κ2) is 7.28. The Kier molecular flexibility index (Phi) is 4.89. The van der Waals surface area contributed by atoms with Crippen molar-refractivity contribution in [3.63, 3.8) is 0 Å². The second-order valence-electron chi connectivity index (χ2n) is 5.97. The molecular formula is C19H17N3O5. The van der Waals surface area contributed by atoms with E-state index in [4.69, 9.17) is 9.47 Å². The topological polar surface area (TPSA) is 94.3 Å². The molecule has 138 valence electrons. The summed E-state index contributed by atoms with van der Waals surface area (Å²) in [5.74, 6) is -0.479. The standard InChI is InChI=1S/C19H17N3O5/c1-21(2)14-7-4-12(5-8-14)10-15-19(23)27-18(20-15)13-6-9-17(26-3)16(11-13)22(24)25/h4-11H,1-3H3. The number of nitrogens with zero attached hydrogens (tertiary/aromatic N) is 3. The summed E-state index contributed by atoms with van der Waals surface area (Å²) in [4.78, 5) is 28.8. The van der Waals surface area contributed by atoms with Gasteiger partial charge in [-0.1, -0.05) is 12.1 Å². The second-order valence-corrected chi connectivity index (χ2v) is 5.97. The summed E-state index contributed by atoms with van der Waals surface area (Å²) in [6.07, 6.45) is 1.60. The van der Waals surface area contributed by atoms with Crippen molar-refractivity contribution < 1.29 is 19.2 Å². The molecule has 27 heavy (non-hydrogen) atoms. The van der Waals surface area contributed by atoms with Crippen LogP contribution in [0.15, 0.2) is 53.2 Å². The van der Waals surface area contributed by atoms with Crippen LogP contribution in [0.1, 0.15) is 11.1 Å². The van der Waals surface area contributed by atoms with Gasteiger partial charge in [0.05, 0.1) is 12.0 Å². The molecule has 0 saturated carbocycles. The first-order valence-corrected chi connectivity index (χ1v) is 8.02. The lowest BCUT2D eigenvalue weighted by molar-refractivity contribution is -0.385. The molecule has 2 aromatic carbocycles. The van der Waals surface area contributed by atoms with E-state index in [1.807, 2.05) is 43.3 Å². The number of carbonyl (C=O) groups excluding carboxylic acids is 1. The maximum atomic E-state index is 12.1. The first-order chi connectivity index (χ1) is 12.9. The van der Waals surface area contributed by atoms with Gasteiger partial charge in [0, 0.05) is 31.4 Å². The first kappa shape index (κ1) is 18.1. The van der Waals surface area contributed by atoms with Crippen molar-refractivity contribution in [1.82, 2.24) is 0 Å². The summed E-state index contributed by atoms with van der Waals surface area (Å²) in [6.45, 7) is 0. The number of methoxy groups -OCH3 is 1. The number of hydrogen-bond donors (Lipinski definition) is 0. The van der Waals surface area contributed by atoms with Gasteiger partial charge in [-0.15, -0.1) is 0 Å². The van der Waals surface area contributed by atoms with E-state index in [0.29, 0.717) is 5.56 Å². The smallest absolute Gasteiger partial charge is 0.363 e. The molecule has 0 aromatic heterocycles. The Morgan fingerprint density at radius 1 is 1.19 bits per heavy atom. The van der Waals surface area contributed by atoms with Crippen molar-refractivity contribution in [2.45, 2.75) is 0 Å². The molecule has 2 aromatic rings. The van der Waals surface area contributed by atoms with Crippen LogP contribution in [0, 0.1) is 10.1 Å².